The summed E-state index contributed by atoms with van der Waals surface area (Å²) in [5.74, 6) is 0. The largest absolute Gasteiger partial charge is 0.389 e. The number of urea groups is 1. The molecule has 2 aliphatic rings. The van der Waals surface area contributed by atoms with Crippen LogP contribution in [0.2, 0.25) is 0 Å². The molecule has 2 aromatic carbocycles. The Morgan fingerprint density at radius 3 is 2.50 bits per heavy atom. The molecule has 2 heterocycles. The molecule has 0 unspecified atom stereocenters. The Balaban J connectivity index is 1.44. The van der Waals surface area contributed by atoms with Crippen LogP contribution in [-0.4, -0.2) is 47.5 Å². The van der Waals surface area contributed by atoms with E-state index >= 15 is 0 Å². The summed E-state index contributed by atoms with van der Waals surface area (Å²) in [4.78, 5) is 13.3. The van der Waals surface area contributed by atoms with Crippen molar-refractivity contribution in [3.63, 3.8) is 0 Å². The van der Waals surface area contributed by atoms with Gasteiger partial charge in [0.25, 0.3) is 0 Å². The molecule has 0 saturated carbocycles. The molecule has 2 fully saturated rings. The van der Waals surface area contributed by atoms with Crippen LogP contribution in [0.25, 0.3) is 0 Å². The molecular formula is C19H20N2O4S. The number of rotatable bonds is 4. The Morgan fingerprint density at radius 2 is 1.77 bits per heavy atom. The highest BCUT2D eigenvalue weighted by atomic mass is 32.2. The van der Waals surface area contributed by atoms with Crippen molar-refractivity contribution in [2.24, 2.45) is 0 Å². The third-order valence-electron chi connectivity index (χ3n) is 4.45. The molecule has 7 heteroatoms. The zero-order chi connectivity index (χ0) is 17.9. The maximum Gasteiger partial charge on any atom is 0.319 e. The van der Waals surface area contributed by atoms with Gasteiger partial charge in [0, 0.05) is 10.6 Å². The molecule has 2 aliphatic heterocycles. The number of aliphatic hydroxyl groups excluding tert-OH is 1. The average molecular weight is 372 g/mol. The van der Waals surface area contributed by atoms with Gasteiger partial charge < -0.3 is 25.2 Å². The number of hydrogen-bond acceptors (Lipinski definition) is 5. The number of nitrogens with one attached hydrogen (secondary N) is 2. The number of anilines is 1. The van der Waals surface area contributed by atoms with Crippen LogP contribution in [0.3, 0.4) is 0 Å². The number of carbonyl (C=O) groups is 1. The lowest BCUT2D eigenvalue weighted by molar-refractivity contribution is -0.121. The van der Waals surface area contributed by atoms with Gasteiger partial charge in [-0.05, 0) is 24.3 Å². The second kappa shape index (κ2) is 7.67. The van der Waals surface area contributed by atoms with E-state index in [0.29, 0.717) is 12.3 Å². The van der Waals surface area contributed by atoms with Crippen LogP contribution in [0.15, 0.2) is 65.6 Å². The summed E-state index contributed by atoms with van der Waals surface area (Å²) in [5, 5.41) is 16.2. The number of ether oxygens (including phenoxy) is 2. The first-order chi connectivity index (χ1) is 12.7. The van der Waals surface area contributed by atoms with Crippen LogP contribution in [0.4, 0.5) is 10.5 Å². The van der Waals surface area contributed by atoms with Gasteiger partial charge in [-0.2, -0.15) is 0 Å². The van der Waals surface area contributed by atoms with E-state index in [1.54, 1.807) is 12.1 Å². The van der Waals surface area contributed by atoms with Gasteiger partial charge in [-0.15, -0.1) is 11.8 Å². The van der Waals surface area contributed by atoms with Gasteiger partial charge in [-0.1, -0.05) is 36.4 Å². The molecule has 6 nitrogen and oxygen atoms in total. The molecule has 0 aliphatic carbocycles. The first-order valence-electron chi connectivity index (χ1n) is 8.50. The van der Waals surface area contributed by atoms with Gasteiger partial charge in [-0.3, -0.25) is 0 Å². The minimum Gasteiger partial charge on any atom is -0.389 e. The van der Waals surface area contributed by atoms with Gasteiger partial charge in [0.15, 0.2) is 6.29 Å². The number of para-hydroxylation sites is 1. The molecule has 2 aromatic rings. The van der Waals surface area contributed by atoms with E-state index in [9.17, 15) is 9.90 Å². The quantitative estimate of drug-likeness (QED) is 0.768. The fourth-order valence-corrected chi connectivity index (χ4v) is 4.38. The van der Waals surface area contributed by atoms with Crippen LogP contribution in [0.1, 0.15) is 0 Å². The highest BCUT2D eigenvalue weighted by molar-refractivity contribution is 8.00. The van der Waals surface area contributed by atoms with Crippen molar-refractivity contribution in [2.75, 3.05) is 11.9 Å². The Labute approximate surface area is 155 Å². The summed E-state index contributed by atoms with van der Waals surface area (Å²) in [6.45, 7) is 0.351. The van der Waals surface area contributed by atoms with Gasteiger partial charge in [-0.25, -0.2) is 4.79 Å². The summed E-state index contributed by atoms with van der Waals surface area (Å²) < 4.78 is 11.6. The molecule has 2 amide bonds. The normalized spacial score (nSPS) is 30.0. The Bertz CT molecular complexity index is 746. The first-order valence-corrected chi connectivity index (χ1v) is 9.38. The molecule has 0 spiro atoms. The molecule has 0 radical (unpaired) electrons. The van der Waals surface area contributed by atoms with E-state index in [2.05, 4.69) is 10.6 Å². The lowest BCUT2D eigenvalue weighted by Gasteiger charge is -2.38. The van der Waals surface area contributed by atoms with Crippen molar-refractivity contribution in [1.29, 1.82) is 0 Å². The Kier molecular flexibility index (Phi) is 5.12. The summed E-state index contributed by atoms with van der Waals surface area (Å²) in [7, 11) is 0. The molecule has 0 aromatic heterocycles. The second-order valence-electron chi connectivity index (χ2n) is 6.25. The monoisotopic (exact) mass is 372 g/mol. The van der Waals surface area contributed by atoms with E-state index in [4.69, 9.17) is 9.47 Å². The minimum absolute atomic E-state index is 0.321. The molecule has 5 atom stereocenters. The molecule has 3 N–H and O–H groups in total. The number of carbonyl (C=O) groups excluding carboxylic acids is 1. The fraction of sp³-hybridized carbons (Fsp3) is 0.316. The van der Waals surface area contributed by atoms with Crippen LogP contribution in [0.5, 0.6) is 0 Å². The Morgan fingerprint density at radius 1 is 1.08 bits per heavy atom. The van der Waals surface area contributed by atoms with Crippen molar-refractivity contribution in [3.05, 3.63) is 60.7 Å². The number of benzene rings is 2. The van der Waals surface area contributed by atoms with Crippen LogP contribution in [-0.2, 0) is 9.47 Å². The third-order valence-corrected chi connectivity index (χ3v) is 5.77. The minimum atomic E-state index is -0.784. The topological polar surface area (TPSA) is 79.8 Å². The zero-order valence-corrected chi connectivity index (χ0v) is 14.8. The zero-order valence-electron chi connectivity index (χ0n) is 13.9. The maximum atomic E-state index is 12.3. The van der Waals surface area contributed by atoms with Crippen LogP contribution in [0, 0.1) is 0 Å². The first kappa shape index (κ1) is 17.4. The second-order valence-corrected chi connectivity index (χ2v) is 7.50. The van der Waals surface area contributed by atoms with Crippen molar-refractivity contribution in [3.8, 4) is 0 Å². The summed E-state index contributed by atoms with van der Waals surface area (Å²) in [5.41, 5.74) is 0.687. The molecular weight excluding hydrogens is 352 g/mol. The van der Waals surface area contributed by atoms with E-state index < -0.39 is 18.4 Å². The Hall–Kier alpha value is -2.06. The lowest BCUT2D eigenvalue weighted by atomic mass is 10.00. The van der Waals surface area contributed by atoms with Crippen LogP contribution < -0.4 is 10.6 Å². The van der Waals surface area contributed by atoms with Gasteiger partial charge in [0.1, 0.15) is 6.10 Å². The standard InChI is InChI=1S/C19H20N2O4S/c22-16-15(21-19(23)20-12-7-3-1-4-8-12)14-11-24-18(25-14)17(16)26-13-9-5-2-6-10-13/h1-10,14-18,22H,11H2,(H2,20,21,23)/t14-,15-,16-,17+,18+/m0/s1. The van der Waals surface area contributed by atoms with Gasteiger partial charge >= 0.3 is 6.03 Å². The highest BCUT2D eigenvalue weighted by Crippen LogP contribution is 2.38. The molecule has 2 bridgehead atoms. The predicted octanol–water partition coefficient (Wildman–Crippen LogP) is 2.45. The van der Waals surface area contributed by atoms with Crippen molar-refractivity contribution >= 4 is 23.5 Å². The van der Waals surface area contributed by atoms with E-state index in [1.165, 1.54) is 11.8 Å². The number of amides is 2. The smallest absolute Gasteiger partial charge is 0.319 e. The molecule has 136 valence electrons. The van der Waals surface area contributed by atoms with E-state index in [0.717, 1.165) is 4.90 Å². The molecule has 2 saturated heterocycles. The molecule has 4 rings (SSSR count). The number of aliphatic hydroxyl groups is 1. The van der Waals surface area contributed by atoms with Crippen molar-refractivity contribution in [2.45, 2.75) is 34.7 Å². The summed E-state index contributed by atoms with van der Waals surface area (Å²) in [6.07, 6.45) is -1.62. The van der Waals surface area contributed by atoms with Gasteiger partial charge in [0.2, 0.25) is 0 Å². The average Bonchev–Trinajstić information content (AvgIpc) is 3.10. The van der Waals surface area contributed by atoms with E-state index in [1.807, 2.05) is 48.5 Å². The summed E-state index contributed by atoms with van der Waals surface area (Å²) >= 11 is 1.50. The number of hydrogen-bond donors (Lipinski definition) is 3. The van der Waals surface area contributed by atoms with E-state index in [-0.39, 0.29) is 17.4 Å². The predicted molar refractivity (Wildman–Crippen MR) is 99.1 cm³/mol. The fourth-order valence-electron chi connectivity index (χ4n) is 3.19. The number of thioether (sulfide) groups is 1. The lowest BCUT2D eigenvalue weighted by Crippen LogP contribution is -2.60. The summed E-state index contributed by atoms with van der Waals surface area (Å²) in [6, 6.07) is 18.0. The number of fused-ring (bicyclic) bond motifs is 2. The van der Waals surface area contributed by atoms with Crippen LogP contribution >= 0.6 is 11.8 Å². The van der Waals surface area contributed by atoms with Gasteiger partial charge in [0.05, 0.1) is 24.0 Å². The van der Waals surface area contributed by atoms with Crippen molar-refractivity contribution < 1.29 is 19.4 Å². The highest BCUT2D eigenvalue weighted by Gasteiger charge is 2.51. The maximum absolute atomic E-state index is 12.3. The third kappa shape index (κ3) is 3.71. The van der Waals surface area contributed by atoms with Crippen molar-refractivity contribution in [1.82, 2.24) is 5.32 Å². The molecule has 26 heavy (non-hydrogen) atoms. The SMILES string of the molecule is O=C(Nc1ccccc1)N[C@@H]1[C@H](O)[C@@H](Sc2ccccc2)[C@@H]2OC[C@@H]1O2.